The number of carbonyl (C=O) groups is 1. The molecule has 7 nitrogen and oxygen atoms in total. The summed E-state index contributed by atoms with van der Waals surface area (Å²) >= 11 is 0. The highest BCUT2D eigenvalue weighted by Crippen LogP contribution is 2.24. The summed E-state index contributed by atoms with van der Waals surface area (Å²) in [6, 6.07) is 3.42. The van der Waals surface area contributed by atoms with E-state index in [1.807, 2.05) is 4.90 Å². The van der Waals surface area contributed by atoms with E-state index in [4.69, 9.17) is 0 Å². The summed E-state index contributed by atoms with van der Waals surface area (Å²) in [5.41, 5.74) is 0.222. The number of rotatable bonds is 2. The Morgan fingerprint density at radius 1 is 1.08 bits per heavy atom. The third kappa shape index (κ3) is 2.65. The molecule has 0 atom stereocenters. The van der Waals surface area contributed by atoms with Crippen LogP contribution in [0.1, 0.15) is 10.4 Å². The Bertz CT molecular complexity index is 960. The maximum Gasteiger partial charge on any atom is 0.259 e. The van der Waals surface area contributed by atoms with E-state index in [1.165, 1.54) is 17.3 Å². The Hall–Kier alpha value is -3.10. The summed E-state index contributed by atoms with van der Waals surface area (Å²) in [4.78, 5) is 24.5. The van der Waals surface area contributed by atoms with Crippen LogP contribution in [0.5, 0.6) is 0 Å². The number of carbonyl (C=O) groups excluding carboxylic acids is 1. The van der Waals surface area contributed by atoms with Crippen LogP contribution in [-0.2, 0) is 7.05 Å². The number of aryl methyl sites for hydroxylation is 1. The topological polar surface area (TPSA) is 67.2 Å². The van der Waals surface area contributed by atoms with Gasteiger partial charge in [0.05, 0.1) is 11.6 Å². The summed E-state index contributed by atoms with van der Waals surface area (Å²) in [5, 5.41) is 5.02. The smallest absolute Gasteiger partial charge is 0.259 e. The number of hydrogen-bond acceptors (Lipinski definition) is 5. The SMILES string of the molecule is Cn1ncc2c(N3CCN(C(=O)c4c(F)cccc4F)CC3)ncnc21. The molecule has 2 aromatic heterocycles. The van der Waals surface area contributed by atoms with Gasteiger partial charge < -0.3 is 9.80 Å². The van der Waals surface area contributed by atoms with Crippen molar-refractivity contribution in [1.29, 1.82) is 0 Å². The number of aromatic nitrogens is 4. The van der Waals surface area contributed by atoms with Crippen LogP contribution in [-0.4, -0.2) is 56.7 Å². The fourth-order valence-corrected chi connectivity index (χ4v) is 3.18. The normalized spacial score (nSPS) is 14.9. The first-order valence-electron chi connectivity index (χ1n) is 8.17. The molecule has 0 radical (unpaired) electrons. The average molecular weight is 358 g/mol. The van der Waals surface area contributed by atoms with Gasteiger partial charge in [-0.3, -0.25) is 9.48 Å². The van der Waals surface area contributed by atoms with Crippen molar-refractivity contribution in [2.75, 3.05) is 31.1 Å². The van der Waals surface area contributed by atoms with E-state index in [-0.39, 0.29) is 0 Å². The maximum absolute atomic E-state index is 13.9. The molecule has 1 fully saturated rings. The zero-order chi connectivity index (χ0) is 18.3. The largest absolute Gasteiger partial charge is 0.352 e. The van der Waals surface area contributed by atoms with E-state index in [0.717, 1.165) is 29.0 Å². The number of amides is 1. The van der Waals surface area contributed by atoms with Gasteiger partial charge in [0.15, 0.2) is 5.65 Å². The van der Waals surface area contributed by atoms with Crippen molar-refractivity contribution in [2.24, 2.45) is 7.05 Å². The van der Waals surface area contributed by atoms with Crippen molar-refractivity contribution < 1.29 is 13.6 Å². The number of anilines is 1. The lowest BCUT2D eigenvalue weighted by atomic mass is 10.1. The van der Waals surface area contributed by atoms with Gasteiger partial charge in [0.25, 0.3) is 5.91 Å². The van der Waals surface area contributed by atoms with Crippen LogP contribution in [0.3, 0.4) is 0 Å². The Labute approximate surface area is 147 Å². The first kappa shape index (κ1) is 16.4. The van der Waals surface area contributed by atoms with Crippen molar-refractivity contribution in [3.8, 4) is 0 Å². The maximum atomic E-state index is 13.9. The van der Waals surface area contributed by atoms with Crippen LogP contribution in [0.2, 0.25) is 0 Å². The molecule has 3 aromatic rings. The summed E-state index contributed by atoms with van der Waals surface area (Å²) in [6.45, 7) is 1.70. The molecule has 0 N–H and O–H groups in total. The molecule has 4 rings (SSSR count). The monoisotopic (exact) mass is 358 g/mol. The second-order valence-electron chi connectivity index (χ2n) is 6.08. The Kier molecular flexibility index (Phi) is 3.98. The molecular weight excluding hydrogens is 342 g/mol. The fraction of sp³-hybridized carbons (Fsp3) is 0.294. The summed E-state index contributed by atoms with van der Waals surface area (Å²) < 4.78 is 29.4. The molecule has 1 aliphatic heterocycles. The summed E-state index contributed by atoms with van der Waals surface area (Å²) in [5.74, 6) is -1.57. The molecule has 0 bridgehead atoms. The van der Waals surface area contributed by atoms with Gasteiger partial charge in [-0.05, 0) is 12.1 Å². The number of benzene rings is 1. The predicted molar refractivity (Wildman–Crippen MR) is 90.8 cm³/mol. The molecule has 0 aliphatic carbocycles. The zero-order valence-corrected chi connectivity index (χ0v) is 14.1. The molecule has 134 valence electrons. The number of fused-ring (bicyclic) bond motifs is 1. The first-order chi connectivity index (χ1) is 12.6. The summed E-state index contributed by atoms with van der Waals surface area (Å²) in [6.07, 6.45) is 3.18. The van der Waals surface area contributed by atoms with Gasteiger partial charge in [-0.2, -0.15) is 5.10 Å². The Balaban J connectivity index is 1.53. The van der Waals surface area contributed by atoms with Crippen molar-refractivity contribution in [2.45, 2.75) is 0 Å². The van der Waals surface area contributed by atoms with E-state index in [1.54, 1.807) is 17.9 Å². The van der Waals surface area contributed by atoms with Crippen LogP contribution in [0.15, 0.2) is 30.7 Å². The zero-order valence-electron chi connectivity index (χ0n) is 14.1. The van der Waals surface area contributed by atoms with Gasteiger partial charge in [-0.1, -0.05) is 6.07 Å². The second kappa shape index (κ2) is 6.32. The minimum absolute atomic E-state index is 0.346. The molecule has 1 aliphatic rings. The van der Waals surface area contributed by atoms with Gasteiger partial charge in [-0.25, -0.2) is 18.7 Å². The van der Waals surface area contributed by atoms with Gasteiger partial charge in [0, 0.05) is 33.2 Å². The van der Waals surface area contributed by atoms with Crippen LogP contribution in [0.25, 0.3) is 11.0 Å². The van der Waals surface area contributed by atoms with E-state index >= 15 is 0 Å². The Morgan fingerprint density at radius 2 is 1.77 bits per heavy atom. The number of nitrogens with zero attached hydrogens (tertiary/aromatic N) is 6. The lowest BCUT2D eigenvalue weighted by Crippen LogP contribution is -2.49. The average Bonchev–Trinajstić information content (AvgIpc) is 3.03. The third-order valence-corrected chi connectivity index (χ3v) is 4.55. The highest BCUT2D eigenvalue weighted by atomic mass is 19.1. The molecule has 9 heteroatoms. The molecule has 1 saturated heterocycles. The lowest BCUT2D eigenvalue weighted by Gasteiger charge is -2.35. The third-order valence-electron chi connectivity index (χ3n) is 4.55. The van der Waals surface area contributed by atoms with E-state index in [0.29, 0.717) is 26.2 Å². The minimum Gasteiger partial charge on any atom is -0.352 e. The van der Waals surface area contributed by atoms with E-state index in [2.05, 4.69) is 15.1 Å². The molecule has 0 saturated carbocycles. The van der Waals surface area contributed by atoms with Gasteiger partial charge in [0.2, 0.25) is 0 Å². The van der Waals surface area contributed by atoms with Crippen molar-refractivity contribution >= 4 is 22.8 Å². The second-order valence-corrected chi connectivity index (χ2v) is 6.08. The van der Waals surface area contributed by atoms with Crippen LogP contribution < -0.4 is 4.90 Å². The van der Waals surface area contributed by atoms with Gasteiger partial charge >= 0.3 is 0 Å². The van der Waals surface area contributed by atoms with E-state index < -0.39 is 23.1 Å². The van der Waals surface area contributed by atoms with Crippen molar-refractivity contribution in [3.05, 3.63) is 47.9 Å². The fourth-order valence-electron chi connectivity index (χ4n) is 3.18. The van der Waals surface area contributed by atoms with Crippen LogP contribution in [0.4, 0.5) is 14.6 Å². The van der Waals surface area contributed by atoms with Crippen LogP contribution >= 0.6 is 0 Å². The van der Waals surface area contributed by atoms with Gasteiger partial charge in [-0.15, -0.1) is 0 Å². The molecule has 3 heterocycles. The lowest BCUT2D eigenvalue weighted by molar-refractivity contribution is 0.0736. The van der Waals surface area contributed by atoms with E-state index in [9.17, 15) is 13.6 Å². The molecule has 0 unspecified atom stereocenters. The predicted octanol–water partition coefficient (Wildman–Crippen LogP) is 1.60. The quantitative estimate of drug-likeness (QED) is 0.696. The van der Waals surface area contributed by atoms with Crippen LogP contribution in [0, 0.1) is 11.6 Å². The van der Waals surface area contributed by atoms with Crippen molar-refractivity contribution in [1.82, 2.24) is 24.6 Å². The number of piperazine rings is 1. The molecular formula is C17H16F2N6O. The molecule has 26 heavy (non-hydrogen) atoms. The van der Waals surface area contributed by atoms with Gasteiger partial charge in [0.1, 0.15) is 29.3 Å². The summed E-state index contributed by atoms with van der Waals surface area (Å²) in [7, 11) is 1.80. The highest BCUT2D eigenvalue weighted by molar-refractivity contribution is 5.95. The number of hydrogen-bond donors (Lipinski definition) is 0. The minimum atomic E-state index is -0.842. The molecule has 1 aromatic carbocycles. The number of halogens is 2. The first-order valence-corrected chi connectivity index (χ1v) is 8.17. The molecule has 1 amide bonds. The van der Waals surface area contributed by atoms with Crippen molar-refractivity contribution in [3.63, 3.8) is 0 Å². The molecule has 0 spiro atoms. The standard InChI is InChI=1S/C17H16F2N6O/c1-23-15-11(9-22-23)16(21-10-20-15)24-5-7-25(8-6-24)17(26)14-12(18)3-2-4-13(14)19/h2-4,9-10H,5-8H2,1H3. The Morgan fingerprint density at radius 3 is 2.46 bits per heavy atom. The highest BCUT2D eigenvalue weighted by Gasteiger charge is 2.27.